The van der Waals surface area contributed by atoms with Gasteiger partial charge in [0.25, 0.3) is 0 Å². The Balaban J connectivity index is 1.79. The Bertz CT molecular complexity index is 801. The lowest BCUT2D eigenvalue weighted by Crippen LogP contribution is -2.02. The van der Waals surface area contributed by atoms with E-state index < -0.39 is 0 Å². The fraction of sp³-hybridized carbons (Fsp3) is 0.235. The van der Waals surface area contributed by atoms with Gasteiger partial charge in [-0.1, -0.05) is 12.1 Å². The van der Waals surface area contributed by atoms with Crippen molar-refractivity contribution in [2.45, 2.75) is 25.3 Å². The Hall–Kier alpha value is -2.36. The summed E-state index contributed by atoms with van der Waals surface area (Å²) in [6.07, 6.45) is 3.10. The molecule has 0 spiro atoms. The third-order valence-corrected chi connectivity index (χ3v) is 3.98. The second-order valence-electron chi connectivity index (χ2n) is 5.68. The molecule has 1 heterocycles. The molecule has 106 valence electrons. The number of nitrogen functional groups attached to an aromatic ring is 1. The summed E-state index contributed by atoms with van der Waals surface area (Å²) in [6, 6.07) is 13.2. The summed E-state index contributed by atoms with van der Waals surface area (Å²) >= 11 is 0. The van der Waals surface area contributed by atoms with Crippen LogP contribution in [0.25, 0.3) is 11.0 Å². The van der Waals surface area contributed by atoms with Crippen molar-refractivity contribution in [3.8, 4) is 0 Å². The van der Waals surface area contributed by atoms with E-state index >= 15 is 0 Å². The Labute approximate surface area is 122 Å². The number of anilines is 1. The molecule has 1 aromatic heterocycles. The molecule has 21 heavy (non-hydrogen) atoms. The number of halogens is 1. The van der Waals surface area contributed by atoms with Gasteiger partial charge in [0.15, 0.2) is 0 Å². The second kappa shape index (κ2) is 4.58. The molecule has 1 aliphatic rings. The molecule has 1 fully saturated rings. The van der Waals surface area contributed by atoms with Crippen LogP contribution in [0.3, 0.4) is 0 Å². The highest BCUT2D eigenvalue weighted by Crippen LogP contribution is 2.39. The average Bonchev–Trinajstić information content (AvgIpc) is 3.23. The molecule has 0 atom stereocenters. The minimum absolute atomic E-state index is 0.234. The Kier molecular flexibility index (Phi) is 2.70. The van der Waals surface area contributed by atoms with E-state index in [1.165, 1.54) is 30.5 Å². The number of fused-ring (bicyclic) bond motifs is 1. The maximum atomic E-state index is 13.4. The topological polar surface area (TPSA) is 43.8 Å². The predicted molar refractivity (Wildman–Crippen MR) is 81.6 cm³/mol. The number of aromatic nitrogens is 2. The molecule has 4 rings (SSSR count). The van der Waals surface area contributed by atoms with Gasteiger partial charge in [-0.3, -0.25) is 0 Å². The van der Waals surface area contributed by atoms with E-state index in [-0.39, 0.29) is 5.82 Å². The zero-order valence-electron chi connectivity index (χ0n) is 11.6. The molecule has 0 bridgehead atoms. The molecular weight excluding hydrogens is 265 g/mol. The van der Waals surface area contributed by atoms with E-state index in [4.69, 9.17) is 5.73 Å². The quantitative estimate of drug-likeness (QED) is 0.744. The molecule has 3 aromatic rings. The molecule has 0 aliphatic heterocycles. The van der Waals surface area contributed by atoms with Crippen LogP contribution in [0.5, 0.6) is 0 Å². The van der Waals surface area contributed by atoms with Crippen molar-refractivity contribution in [1.29, 1.82) is 0 Å². The third-order valence-electron chi connectivity index (χ3n) is 3.98. The van der Waals surface area contributed by atoms with E-state index in [1.807, 2.05) is 30.3 Å². The molecule has 2 aromatic carbocycles. The summed E-state index contributed by atoms with van der Waals surface area (Å²) < 4.78 is 15.7. The Morgan fingerprint density at radius 2 is 1.90 bits per heavy atom. The van der Waals surface area contributed by atoms with Gasteiger partial charge in [0, 0.05) is 24.2 Å². The first kappa shape index (κ1) is 12.4. The molecule has 0 saturated heterocycles. The number of hydrogen-bond donors (Lipinski definition) is 1. The van der Waals surface area contributed by atoms with Crippen LogP contribution in [-0.4, -0.2) is 9.55 Å². The zero-order valence-corrected chi connectivity index (χ0v) is 11.6. The van der Waals surface area contributed by atoms with E-state index in [1.54, 1.807) is 0 Å². The molecule has 2 N–H and O–H groups in total. The summed E-state index contributed by atoms with van der Waals surface area (Å²) in [5.74, 6) is 0.768. The van der Waals surface area contributed by atoms with Crippen LogP contribution < -0.4 is 5.73 Å². The molecule has 1 aliphatic carbocycles. The minimum atomic E-state index is -0.234. The van der Waals surface area contributed by atoms with Crippen LogP contribution in [0.4, 0.5) is 10.1 Å². The van der Waals surface area contributed by atoms with Crippen LogP contribution >= 0.6 is 0 Å². The van der Waals surface area contributed by atoms with Crippen molar-refractivity contribution in [3.63, 3.8) is 0 Å². The largest absolute Gasteiger partial charge is 0.399 e. The smallest absolute Gasteiger partial charge is 0.125 e. The minimum Gasteiger partial charge on any atom is -0.399 e. The van der Waals surface area contributed by atoms with Gasteiger partial charge in [-0.25, -0.2) is 9.37 Å². The highest BCUT2D eigenvalue weighted by Gasteiger charge is 2.28. The first-order valence-electron chi connectivity index (χ1n) is 7.21. The average molecular weight is 281 g/mol. The lowest BCUT2D eigenvalue weighted by molar-refractivity contribution is 0.629. The van der Waals surface area contributed by atoms with Gasteiger partial charge in [-0.05, 0) is 42.7 Å². The van der Waals surface area contributed by atoms with Gasteiger partial charge >= 0.3 is 0 Å². The summed E-state index contributed by atoms with van der Waals surface area (Å²) in [7, 11) is 0. The van der Waals surface area contributed by atoms with Crippen LogP contribution in [0, 0.1) is 5.82 Å². The molecule has 0 unspecified atom stereocenters. The van der Waals surface area contributed by atoms with E-state index in [0.29, 0.717) is 6.04 Å². The van der Waals surface area contributed by atoms with Gasteiger partial charge in [-0.15, -0.1) is 0 Å². The molecule has 0 amide bonds. The number of imidazole rings is 1. The van der Waals surface area contributed by atoms with Crippen molar-refractivity contribution in [3.05, 3.63) is 59.7 Å². The maximum absolute atomic E-state index is 13.4. The SMILES string of the molecule is Nc1ccc(Cc2nc3cc(F)ccc3n2C2CC2)cc1. The van der Waals surface area contributed by atoms with Crippen LogP contribution in [0.2, 0.25) is 0 Å². The highest BCUT2D eigenvalue weighted by molar-refractivity contribution is 5.76. The number of nitrogens with zero attached hydrogens (tertiary/aromatic N) is 2. The molecule has 0 radical (unpaired) electrons. The molecular formula is C17H16FN3. The first-order valence-corrected chi connectivity index (χ1v) is 7.21. The maximum Gasteiger partial charge on any atom is 0.125 e. The summed E-state index contributed by atoms with van der Waals surface area (Å²) in [5, 5.41) is 0. The Morgan fingerprint density at radius 1 is 1.14 bits per heavy atom. The van der Waals surface area contributed by atoms with Crippen LogP contribution in [-0.2, 0) is 6.42 Å². The van der Waals surface area contributed by atoms with Gasteiger partial charge in [0.05, 0.1) is 11.0 Å². The van der Waals surface area contributed by atoms with Crippen LogP contribution in [0.15, 0.2) is 42.5 Å². The number of hydrogen-bond acceptors (Lipinski definition) is 2. The van der Waals surface area contributed by atoms with Crippen molar-refractivity contribution >= 4 is 16.7 Å². The fourth-order valence-corrected chi connectivity index (χ4v) is 2.80. The summed E-state index contributed by atoms with van der Waals surface area (Å²) in [6.45, 7) is 0. The fourth-order valence-electron chi connectivity index (χ4n) is 2.80. The Morgan fingerprint density at radius 3 is 2.62 bits per heavy atom. The predicted octanol–water partition coefficient (Wildman–Crippen LogP) is 3.68. The summed E-state index contributed by atoms with van der Waals surface area (Å²) in [5.41, 5.74) is 9.43. The number of benzene rings is 2. The van der Waals surface area contributed by atoms with Crippen molar-refractivity contribution in [2.75, 3.05) is 5.73 Å². The highest BCUT2D eigenvalue weighted by atomic mass is 19.1. The van der Waals surface area contributed by atoms with Gasteiger partial charge in [0.2, 0.25) is 0 Å². The molecule has 4 heteroatoms. The standard InChI is InChI=1S/C17H16FN3/c18-12-3-8-16-15(10-12)20-17(21(16)14-6-7-14)9-11-1-4-13(19)5-2-11/h1-5,8,10,14H,6-7,9,19H2. The monoisotopic (exact) mass is 281 g/mol. The first-order chi connectivity index (χ1) is 10.2. The molecule has 1 saturated carbocycles. The van der Waals surface area contributed by atoms with Gasteiger partial charge in [-0.2, -0.15) is 0 Å². The van der Waals surface area contributed by atoms with Gasteiger partial charge in [0.1, 0.15) is 11.6 Å². The molecule has 3 nitrogen and oxygen atoms in total. The van der Waals surface area contributed by atoms with E-state index in [9.17, 15) is 4.39 Å². The normalized spacial score (nSPS) is 14.7. The lowest BCUT2D eigenvalue weighted by atomic mass is 10.1. The lowest BCUT2D eigenvalue weighted by Gasteiger charge is -2.08. The number of rotatable bonds is 3. The number of nitrogens with two attached hydrogens (primary N) is 1. The summed E-state index contributed by atoms with van der Waals surface area (Å²) in [4.78, 5) is 4.64. The zero-order chi connectivity index (χ0) is 14.4. The van der Waals surface area contributed by atoms with Crippen LogP contribution in [0.1, 0.15) is 30.3 Å². The second-order valence-corrected chi connectivity index (χ2v) is 5.68. The van der Waals surface area contributed by atoms with Crippen molar-refractivity contribution < 1.29 is 4.39 Å². The van der Waals surface area contributed by atoms with E-state index in [2.05, 4.69) is 9.55 Å². The van der Waals surface area contributed by atoms with Crippen molar-refractivity contribution in [2.24, 2.45) is 0 Å². The van der Waals surface area contributed by atoms with Gasteiger partial charge < -0.3 is 10.3 Å². The van der Waals surface area contributed by atoms with Crippen molar-refractivity contribution in [1.82, 2.24) is 9.55 Å². The van der Waals surface area contributed by atoms with E-state index in [0.717, 1.165) is 29.0 Å². The third kappa shape index (κ3) is 2.27.